The summed E-state index contributed by atoms with van der Waals surface area (Å²) in [6, 6.07) is 5.72. The summed E-state index contributed by atoms with van der Waals surface area (Å²) in [4.78, 5) is 0. The second-order valence-corrected chi connectivity index (χ2v) is 4.24. The summed E-state index contributed by atoms with van der Waals surface area (Å²) in [6.07, 6.45) is 0.121. The molecule has 0 aliphatic carbocycles. The molecule has 0 radical (unpaired) electrons. The molecular weight excluding hydrogens is 226 g/mol. The predicted octanol–water partition coefficient (Wildman–Crippen LogP) is 2.21. The number of nitrogens with one attached hydrogen (secondary N) is 1. The molecule has 0 aliphatic rings. The molecular formula is C12H18ClNO2. The minimum atomic E-state index is 0.121. The van der Waals surface area contributed by atoms with Crippen LogP contribution < -0.4 is 10.1 Å². The number of benzene rings is 1. The molecule has 0 atom stereocenters. The molecule has 2 N–H and O–H groups in total. The number of halogens is 1. The zero-order valence-electron chi connectivity index (χ0n) is 9.66. The number of hydrogen-bond acceptors (Lipinski definition) is 3. The summed E-state index contributed by atoms with van der Waals surface area (Å²) in [5, 5.41) is 12.3. The molecule has 1 aromatic rings. The maximum atomic E-state index is 8.63. The summed E-state index contributed by atoms with van der Waals surface area (Å²) in [7, 11) is 0. The topological polar surface area (TPSA) is 41.5 Å². The van der Waals surface area contributed by atoms with Crippen LogP contribution in [0, 0.1) is 0 Å². The largest absolute Gasteiger partial charge is 0.489 e. The molecule has 0 spiro atoms. The maximum absolute atomic E-state index is 8.63. The Morgan fingerprint density at radius 2 is 2.19 bits per heavy atom. The van der Waals surface area contributed by atoms with Crippen molar-refractivity contribution in [3.63, 3.8) is 0 Å². The fourth-order valence-corrected chi connectivity index (χ4v) is 1.56. The first kappa shape index (κ1) is 13.3. The van der Waals surface area contributed by atoms with Crippen LogP contribution in [-0.4, -0.2) is 24.4 Å². The predicted molar refractivity (Wildman–Crippen MR) is 66.0 cm³/mol. The van der Waals surface area contributed by atoms with Crippen LogP contribution in [0.1, 0.15) is 19.4 Å². The molecule has 0 saturated carbocycles. The Balaban J connectivity index is 2.60. The molecule has 4 heteroatoms. The highest BCUT2D eigenvalue weighted by Gasteiger charge is 2.04. The van der Waals surface area contributed by atoms with E-state index in [1.807, 2.05) is 32.0 Å². The Kier molecular flexibility index (Phi) is 5.60. The fourth-order valence-electron chi connectivity index (χ4n) is 1.32. The minimum Gasteiger partial charge on any atom is -0.489 e. The zero-order chi connectivity index (χ0) is 12.0. The van der Waals surface area contributed by atoms with Gasteiger partial charge in [0.2, 0.25) is 0 Å². The lowest BCUT2D eigenvalue weighted by Crippen LogP contribution is -2.17. The van der Waals surface area contributed by atoms with E-state index in [0.717, 1.165) is 5.56 Å². The van der Waals surface area contributed by atoms with E-state index >= 15 is 0 Å². The summed E-state index contributed by atoms with van der Waals surface area (Å²) in [5.74, 6) is 0.711. The van der Waals surface area contributed by atoms with E-state index in [-0.39, 0.29) is 12.7 Å². The van der Waals surface area contributed by atoms with Crippen molar-refractivity contribution < 1.29 is 9.84 Å². The van der Waals surface area contributed by atoms with Gasteiger partial charge in [0, 0.05) is 13.1 Å². The number of hydrogen-bond donors (Lipinski definition) is 2. The van der Waals surface area contributed by atoms with Gasteiger partial charge in [0.25, 0.3) is 0 Å². The molecule has 0 amide bonds. The first-order valence-electron chi connectivity index (χ1n) is 5.40. The third-order valence-corrected chi connectivity index (χ3v) is 2.27. The van der Waals surface area contributed by atoms with E-state index in [4.69, 9.17) is 21.4 Å². The van der Waals surface area contributed by atoms with Crippen molar-refractivity contribution in [2.75, 3.05) is 13.2 Å². The van der Waals surface area contributed by atoms with Gasteiger partial charge in [0.15, 0.2) is 0 Å². The molecule has 0 unspecified atom stereocenters. The minimum absolute atomic E-state index is 0.121. The lowest BCUT2D eigenvalue weighted by atomic mass is 10.2. The van der Waals surface area contributed by atoms with Gasteiger partial charge in [-0.3, -0.25) is 0 Å². The monoisotopic (exact) mass is 243 g/mol. The van der Waals surface area contributed by atoms with Gasteiger partial charge < -0.3 is 15.2 Å². The van der Waals surface area contributed by atoms with E-state index in [9.17, 15) is 0 Å². The SMILES string of the molecule is CC(C)Oc1ccc(CNCCO)cc1Cl. The number of ether oxygens (including phenoxy) is 1. The Labute approximate surface area is 101 Å². The summed E-state index contributed by atoms with van der Waals surface area (Å²) < 4.78 is 5.53. The van der Waals surface area contributed by atoms with Crippen LogP contribution in [0.25, 0.3) is 0 Å². The molecule has 90 valence electrons. The van der Waals surface area contributed by atoms with Crippen molar-refractivity contribution in [1.29, 1.82) is 0 Å². The molecule has 0 bridgehead atoms. The van der Waals surface area contributed by atoms with E-state index in [0.29, 0.717) is 23.9 Å². The molecule has 0 aromatic heterocycles. The first-order chi connectivity index (χ1) is 7.63. The van der Waals surface area contributed by atoms with Crippen LogP contribution in [0.15, 0.2) is 18.2 Å². The highest BCUT2D eigenvalue weighted by Crippen LogP contribution is 2.26. The van der Waals surface area contributed by atoms with Crippen molar-refractivity contribution in [2.24, 2.45) is 0 Å². The van der Waals surface area contributed by atoms with Crippen molar-refractivity contribution >= 4 is 11.6 Å². The summed E-state index contributed by atoms with van der Waals surface area (Å²) in [5.41, 5.74) is 1.08. The Morgan fingerprint density at radius 1 is 1.44 bits per heavy atom. The third-order valence-electron chi connectivity index (χ3n) is 1.98. The van der Waals surface area contributed by atoms with Gasteiger partial charge in [-0.05, 0) is 31.5 Å². The van der Waals surface area contributed by atoms with E-state index in [2.05, 4.69) is 5.32 Å². The average molecular weight is 244 g/mol. The van der Waals surface area contributed by atoms with E-state index in [1.54, 1.807) is 0 Å². The molecule has 16 heavy (non-hydrogen) atoms. The van der Waals surface area contributed by atoms with Gasteiger partial charge in [-0.2, -0.15) is 0 Å². The van der Waals surface area contributed by atoms with Gasteiger partial charge in [-0.15, -0.1) is 0 Å². The van der Waals surface area contributed by atoms with Crippen molar-refractivity contribution in [3.05, 3.63) is 28.8 Å². The van der Waals surface area contributed by atoms with E-state index in [1.165, 1.54) is 0 Å². The van der Waals surface area contributed by atoms with Gasteiger partial charge in [-0.1, -0.05) is 17.7 Å². The molecule has 1 aromatic carbocycles. The highest BCUT2D eigenvalue weighted by atomic mass is 35.5. The Hall–Kier alpha value is -0.770. The van der Waals surface area contributed by atoms with Gasteiger partial charge in [0.05, 0.1) is 17.7 Å². The molecule has 0 fully saturated rings. The average Bonchev–Trinajstić information content (AvgIpc) is 2.22. The Morgan fingerprint density at radius 3 is 2.75 bits per heavy atom. The maximum Gasteiger partial charge on any atom is 0.138 e. The van der Waals surface area contributed by atoms with Crippen molar-refractivity contribution in [2.45, 2.75) is 26.5 Å². The molecule has 3 nitrogen and oxygen atoms in total. The zero-order valence-corrected chi connectivity index (χ0v) is 10.4. The second kappa shape index (κ2) is 6.74. The van der Waals surface area contributed by atoms with Gasteiger partial charge in [0.1, 0.15) is 5.75 Å². The van der Waals surface area contributed by atoms with Crippen molar-refractivity contribution in [1.82, 2.24) is 5.32 Å². The molecule has 0 saturated heterocycles. The third kappa shape index (κ3) is 4.39. The first-order valence-corrected chi connectivity index (χ1v) is 5.78. The number of aliphatic hydroxyl groups is 1. The quantitative estimate of drug-likeness (QED) is 0.753. The van der Waals surface area contributed by atoms with Crippen molar-refractivity contribution in [3.8, 4) is 5.75 Å². The smallest absolute Gasteiger partial charge is 0.138 e. The number of rotatable bonds is 6. The fraction of sp³-hybridized carbons (Fsp3) is 0.500. The van der Waals surface area contributed by atoms with Crippen LogP contribution >= 0.6 is 11.6 Å². The molecule has 0 heterocycles. The summed E-state index contributed by atoms with van der Waals surface area (Å²) in [6.45, 7) is 5.35. The van der Waals surface area contributed by atoms with Crippen LogP contribution in [0.5, 0.6) is 5.75 Å². The Bertz CT molecular complexity index is 329. The molecule has 0 aliphatic heterocycles. The lowest BCUT2D eigenvalue weighted by molar-refractivity contribution is 0.242. The van der Waals surface area contributed by atoms with Gasteiger partial charge in [-0.25, -0.2) is 0 Å². The molecule has 1 rings (SSSR count). The van der Waals surface area contributed by atoms with E-state index < -0.39 is 0 Å². The standard InChI is InChI=1S/C12H18ClNO2/c1-9(2)16-12-4-3-10(7-11(12)13)8-14-5-6-15/h3-4,7,9,14-15H,5-6,8H2,1-2H3. The van der Waals surface area contributed by atoms with Crippen LogP contribution in [0.3, 0.4) is 0 Å². The van der Waals surface area contributed by atoms with Crippen LogP contribution in [0.2, 0.25) is 5.02 Å². The number of aliphatic hydroxyl groups excluding tert-OH is 1. The van der Waals surface area contributed by atoms with Crippen LogP contribution in [-0.2, 0) is 6.54 Å². The highest BCUT2D eigenvalue weighted by molar-refractivity contribution is 6.32. The normalized spacial score (nSPS) is 10.8. The second-order valence-electron chi connectivity index (χ2n) is 3.83. The van der Waals surface area contributed by atoms with Crippen LogP contribution in [0.4, 0.5) is 0 Å². The summed E-state index contributed by atoms with van der Waals surface area (Å²) >= 11 is 6.08. The van der Waals surface area contributed by atoms with Gasteiger partial charge >= 0.3 is 0 Å². The lowest BCUT2D eigenvalue weighted by Gasteiger charge is -2.12.